The SMILES string of the molecule is COC(=O)c1ccc(-n2c(C)cc([C@H]3[C@@H](c4ccccn4)NC(=S)N3c3ccc(N4C[C@H](C)C[C@H](C)C4)c(Cl)c3)c2C)cc1. The molecule has 2 aromatic heterocycles. The highest BCUT2D eigenvalue weighted by Gasteiger charge is 2.42. The third-order valence-electron chi connectivity index (χ3n) is 8.85. The molecule has 228 valence electrons. The fourth-order valence-electron chi connectivity index (χ4n) is 7.06. The molecule has 4 heterocycles. The fraction of sp³-hybridized carbons (Fsp3) is 0.343. The van der Waals surface area contributed by atoms with Gasteiger partial charge in [-0.3, -0.25) is 4.98 Å². The van der Waals surface area contributed by atoms with E-state index in [1.165, 1.54) is 13.5 Å². The average molecular weight is 628 g/mol. The zero-order chi connectivity index (χ0) is 31.1. The lowest BCUT2D eigenvalue weighted by molar-refractivity contribution is 0.0600. The van der Waals surface area contributed by atoms with Crippen molar-refractivity contribution in [3.63, 3.8) is 0 Å². The van der Waals surface area contributed by atoms with E-state index in [-0.39, 0.29) is 18.1 Å². The van der Waals surface area contributed by atoms with Crippen LogP contribution in [0.1, 0.15) is 65.4 Å². The van der Waals surface area contributed by atoms with Crippen molar-refractivity contribution < 1.29 is 9.53 Å². The average Bonchev–Trinajstić information content (AvgIpc) is 3.51. The number of benzene rings is 2. The molecule has 2 fully saturated rings. The number of ether oxygens (including phenoxy) is 1. The minimum atomic E-state index is -0.355. The molecule has 0 spiro atoms. The van der Waals surface area contributed by atoms with Crippen molar-refractivity contribution in [3.05, 3.63) is 106 Å². The number of hydrogen-bond acceptors (Lipinski definition) is 5. The quantitative estimate of drug-likeness (QED) is 0.175. The number of piperidine rings is 1. The summed E-state index contributed by atoms with van der Waals surface area (Å²) in [5.41, 5.74) is 7.67. The lowest BCUT2D eigenvalue weighted by Gasteiger charge is -2.37. The van der Waals surface area contributed by atoms with Gasteiger partial charge >= 0.3 is 5.97 Å². The molecule has 2 saturated heterocycles. The van der Waals surface area contributed by atoms with Crippen molar-refractivity contribution in [3.8, 4) is 5.69 Å². The molecule has 44 heavy (non-hydrogen) atoms. The van der Waals surface area contributed by atoms with Crippen molar-refractivity contribution in [1.82, 2.24) is 14.9 Å². The zero-order valence-electron chi connectivity index (χ0n) is 25.8. The lowest BCUT2D eigenvalue weighted by Crippen LogP contribution is -2.38. The number of thiocarbonyl (C=S) groups is 1. The van der Waals surface area contributed by atoms with Gasteiger partial charge < -0.3 is 24.4 Å². The number of nitrogens with one attached hydrogen (secondary N) is 1. The van der Waals surface area contributed by atoms with Crippen LogP contribution in [0.2, 0.25) is 5.02 Å². The molecule has 9 heteroatoms. The molecule has 0 radical (unpaired) electrons. The molecule has 4 aromatic rings. The summed E-state index contributed by atoms with van der Waals surface area (Å²) in [6.45, 7) is 10.9. The second-order valence-electron chi connectivity index (χ2n) is 12.2. The molecule has 0 saturated carbocycles. The number of esters is 1. The maximum atomic E-state index is 12.0. The highest BCUT2D eigenvalue weighted by atomic mass is 35.5. The Balaban J connectivity index is 1.42. The number of carbonyl (C=O) groups excluding carboxylic acids is 1. The highest BCUT2D eigenvalue weighted by molar-refractivity contribution is 7.80. The largest absolute Gasteiger partial charge is 0.465 e. The maximum absolute atomic E-state index is 12.0. The van der Waals surface area contributed by atoms with E-state index in [2.05, 4.69) is 65.6 Å². The predicted molar refractivity (Wildman–Crippen MR) is 181 cm³/mol. The van der Waals surface area contributed by atoms with Gasteiger partial charge in [-0.2, -0.15) is 0 Å². The van der Waals surface area contributed by atoms with Crippen LogP contribution in [-0.4, -0.2) is 40.8 Å². The van der Waals surface area contributed by atoms with E-state index >= 15 is 0 Å². The summed E-state index contributed by atoms with van der Waals surface area (Å²) in [6, 6.07) is 21.6. The second-order valence-corrected chi connectivity index (χ2v) is 13.0. The van der Waals surface area contributed by atoms with Gasteiger partial charge in [0, 0.05) is 42.0 Å². The number of pyridine rings is 1. The Morgan fingerprint density at radius 2 is 1.70 bits per heavy atom. The van der Waals surface area contributed by atoms with Gasteiger partial charge in [0.05, 0.1) is 41.2 Å². The van der Waals surface area contributed by atoms with Crippen molar-refractivity contribution in [1.29, 1.82) is 0 Å². The summed E-state index contributed by atoms with van der Waals surface area (Å²) in [6.07, 6.45) is 3.06. The Bertz CT molecular complexity index is 1680. The van der Waals surface area contributed by atoms with Crippen LogP contribution >= 0.6 is 23.8 Å². The summed E-state index contributed by atoms with van der Waals surface area (Å²) in [7, 11) is 1.39. The summed E-state index contributed by atoms with van der Waals surface area (Å²) in [5.74, 6) is 0.895. The topological polar surface area (TPSA) is 62.6 Å². The Morgan fingerprint density at radius 3 is 2.34 bits per heavy atom. The molecule has 0 aliphatic carbocycles. The molecule has 0 amide bonds. The van der Waals surface area contributed by atoms with Gasteiger partial charge in [0.25, 0.3) is 0 Å². The van der Waals surface area contributed by atoms with Gasteiger partial charge in [0.2, 0.25) is 0 Å². The summed E-state index contributed by atoms with van der Waals surface area (Å²) in [5, 5.41) is 4.93. The first-order chi connectivity index (χ1) is 21.2. The number of nitrogens with zero attached hydrogens (tertiary/aromatic N) is 4. The van der Waals surface area contributed by atoms with Gasteiger partial charge in [-0.25, -0.2) is 4.79 Å². The van der Waals surface area contributed by atoms with Crippen LogP contribution in [-0.2, 0) is 4.74 Å². The van der Waals surface area contributed by atoms with E-state index < -0.39 is 0 Å². The summed E-state index contributed by atoms with van der Waals surface area (Å²) < 4.78 is 7.10. The Morgan fingerprint density at radius 1 is 1.00 bits per heavy atom. The van der Waals surface area contributed by atoms with E-state index in [1.807, 2.05) is 42.6 Å². The first kappa shape index (κ1) is 30.2. The molecule has 4 atom stereocenters. The van der Waals surface area contributed by atoms with Crippen LogP contribution in [0.15, 0.2) is 72.9 Å². The standard InChI is InChI=1S/C35H38ClN5O2S/c1-21-16-22(2)20-39(19-21)31-14-13-27(18-29(31)36)41-33(32(38-35(41)44)30-8-6-7-15-37-30)28-17-23(3)40(24(28)4)26-11-9-25(10-12-26)34(42)43-5/h6-15,17-18,21-22,32-33H,16,19-20H2,1-5H3,(H,38,44)/t21-,22+,32-,33+/m1/s1. The Kier molecular flexibility index (Phi) is 8.40. The predicted octanol–water partition coefficient (Wildman–Crippen LogP) is 7.59. The second kappa shape index (κ2) is 12.3. The number of carbonyl (C=O) groups is 1. The number of hydrogen-bond donors (Lipinski definition) is 1. The first-order valence-corrected chi connectivity index (χ1v) is 15.9. The van der Waals surface area contributed by atoms with E-state index in [1.54, 1.807) is 12.1 Å². The number of halogens is 1. The van der Waals surface area contributed by atoms with Crippen molar-refractivity contribution in [2.24, 2.45) is 11.8 Å². The maximum Gasteiger partial charge on any atom is 0.337 e. The third kappa shape index (κ3) is 5.57. The molecular formula is C35H38ClN5O2S. The van der Waals surface area contributed by atoms with Crippen molar-refractivity contribution in [2.45, 2.75) is 46.2 Å². The number of aryl methyl sites for hydroxylation is 1. The summed E-state index contributed by atoms with van der Waals surface area (Å²) in [4.78, 5) is 21.4. The number of aromatic nitrogens is 2. The van der Waals surface area contributed by atoms with Crippen LogP contribution in [0.4, 0.5) is 11.4 Å². The van der Waals surface area contributed by atoms with Crippen LogP contribution in [0, 0.1) is 25.7 Å². The Labute approximate surface area is 269 Å². The molecule has 2 aromatic carbocycles. The van der Waals surface area contributed by atoms with E-state index in [4.69, 9.17) is 33.5 Å². The van der Waals surface area contributed by atoms with E-state index in [9.17, 15) is 4.79 Å². The van der Waals surface area contributed by atoms with Crippen LogP contribution in [0.25, 0.3) is 5.69 Å². The van der Waals surface area contributed by atoms with Crippen molar-refractivity contribution >= 4 is 46.3 Å². The van der Waals surface area contributed by atoms with E-state index in [0.717, 1.165) is 57.8 Å². The van der Waals surface area contributed by atoms with Gasteiger partial charge in [-0.15, -0.1) is 0 Å². The van der Waals surface area contributed by atoms with Crippen LogP contribution in [0.5, 0.6) is 0 Å². The summed E-state index contributed by atoms with van der Waals surface area (Å²) >= 11 is 13.1. The molecule has 6 rings (SSSR count). The van der Waals surface area contributed by atoms with Gasteiger partial charge in [-0.05, 0) is 111 Å². The molecule has 1 N–H and O–H groups in total. The molecule has 2 aliphatic heterocycles. The van der Waals surface area contributed by atoms with Gasteiger partial charge in [0.15, 0.2) is 5.11 Å². The normalized spacial score (nSPS) is 21.8. The molecule has 7 nitrogen and oxygen atoms in total. The van der Waals surface area contributed by atoms with Crippen LogP contribution in [0.3, 0.4) is 0 Å². The Hall–Kier alpha value is -3.88. The lowest BCUT2D eigenvalue weighted by atomic mass is 9.91. The fourth-order valence-corrected chi connectivity index (χ4v) is 7.70. The minimum absolute atomic E-state index is 0.177. The molecule has 0 unspecified atom stereocenters. The number of methoxy groups -OCH3 is 1. The highest BCUT2D eigenvalue weighted by Crippen LogP contribution is 2.45. The number of anilines is 2. The first-order valence-electron chi connectivity index (χ1n) is 15.1. The molecule has 2 aliphatic rings. The molecule has 0 bridgehead atoms. The van der Waals surface area contributed by atoms with Crippen molar-refractivity contribution in [2.75, 3.05) is 30.0 Å². The monoisotopic (exact) mass is 627 g/mol. The minimum Gasteiger partial charge on any atom is -0.465 e. The van der Waals surface area contributed by atoms with E-state index in [0.29, 0.717) is 22.5 Å². The number of rotatable bonds is 6. The molecular weight excluding hydrogens is 590 g/mol. The smallest absolute Gasteiger partial charge is 0.337 e. The third-order valence-corrected chi connectivity index (χ3v) is 9.47. The van der Waals surface area contributed by atoms with Crippen LogP contribution < -0.4 is 15.1 Å². The van der Waals surface area contributed by atoms with Gasteiger partial charge in [0.1, 0.15) is 0 Å². The van der Waals surface area contributed by atoms with Gasteiger partial charge in [-0.1, -0.05) is 31.5 Å². The zero-order valence-corrected chi connectivity index (χ0v) is 27.3.